The Bertz CT molecular complexity index is 885. The highest BCUT2D eigenvalue weighted by atomic mass is 19.1. The molecule has 3 aromatic rings. The van der Waals surface area contributed by atoms with E-state index in [1.165, 1.54) is 12.1 Å². The first-order valence-electron chi connectivity index (χ1n) is 8.19. The van der Waals surface area contributed by atoms with Crippen molar-refractivity contribution in [1.29, 1.82) is 0 Å². The zero-order chi connectivity index (χ0) is 17.6. The van der Waals surface area contributed by atoms with Crippen LogP contribution in [-0.4, -0.2) is 10.9 Å². The number of halogens is 1. The largest absolute Gasteiger partial charge is 0.324 e. The van der Waals surface area contributed by atoms with Crippen LogP contribution in [0.4, 0.5) is 10.1 Å². The lowest BCUT2D eigenvalue weighted by Crippen LogP contribution is -2.22. The predicted molar refractivity (Wildman–Crippen MR) is 98.8 cm³/mol. The quantitative estimate of drug-likeness (QED) is 0.661. The summed E-state index contributed by atoms with van der Waals surface area (Å²) in [4.78, 5) is 16.9. The second kappa shape index (κ2) is 7.71. The van der Waals surface area contributed by atoms with E-state index in [9.17, 15) is 9.18 Å². The fraction of sp³-hybridized carbons (Fsp3) is 0.143. The standard InChI is InChI=1S/C21H19FN2O/c1-2-16(11-8-15-9-12-18(22)13-10-15)21(25)24-19-7-3-5-17-6-4-14-23-20(17)19/h2-7,9-10,12-14,16H,1,8,11H2,(H,24,25). The summed E-state index contributed by atoms with van der Waals surface area (Å²) in [5.41, 5.74) is 2.45. The number of amides is 1. The van der Waals surface area contributed by atoms with Gasteiger partial charge in [-0.15, -0.1) is 6.58 Å². The SMILES string of the molecule is C=CC(CCc1ccc(F)cc1)C(=O)Nc1cccc2cccnc12. The van der Waals surface area contributed by atoms with Gasteiger partial charge in [-0.1, -0.05) is 36.4 Å². The van der Waals surface area contributed by atoms with Crippen molar-refractivity contribution in [2.24, 2.45) is 5.92 Å². The fourth-order valence-electron chi connectivity index (χ4n) is 2.76. The van der Waals surface area contributed by atoms with Crippen LogP contribution in [0.2, 0.25) is 0 Å². The third kappa shape index (κ3) is 4.10. The molecule has 1 aromatic heterocycles. The van der Waals surface area contributed by atoms with Gasteiger partial charge in [-0.05, 0) is 42.7 Å². The number of hydrogen-bond acceptors (Lipinski definition) is 2. The van der Waals surface area contributed by atoms with Gasteiger partial charge < -0.3 is 5.32 Å². The minimum Gasteiger partial charge on any atom is -0.324 e. The van der Waals surface area contributed by atoms with E-state index in [-0.39, 0.29) is 17.6 Å². The molecule has 0 aliphatic rings. The molecule has 2 aromatic carbocycles. The van der Waals surface area contributed by atoms with Crippen LogP contribution in [-0.2, 0) is 11.2 Å². The molecule has 25 heavy (non-hydrogen) atoms. The molecule has 1 N–H and O–H groups in total. The molecule has 3 rings (SSSR count). The molecule has 126 valence electrons. The lowest BCUT2D eigenvalue weighted by Gasteiger charge is -2.14. The number of aromatic nitrogens is 1. The van der Waals surface area contributed by atoms with Gasteiger partial charge in [0.1, 0.15) is 5.82 Å². The average Bonchev–Trinajstić information content (AvgIpc) is 2.64. The number of carbonyl (C=O) groups excluding carboxylic acids is 1. The molecule has 4 heteroatoms. The zero-order valence-corrected chi connectivity index (χ0v) is 13.8. The number of fused-ring (bicyclic) bond motifs is 1. The molecule has 1 heterocycles. The van der Waals surface area contributed by atoms with Crippen molar-refractivity contribution in [2.45, 2.75) is 12.8 Å². The summed E-state index contributed by atoms with van der Waals surface area (Å²) >= 11 is 0. The van der Waals surface area contributed by atoms with Gasteiger partial charge >= 0.3 is 0 Å². The van der Waals surface area contributed by atoms with Gasteiger partial charge in [-0.2, -0.15) is 0 Å². The maximum Gasteiger partial charge on any atom is 0.231 e. The van der Waals surface area contributed by atoms with Crippen LogP contribution in [0.25, 0.3) is 10.9 Å². The van der Waals surface area contributed by atoms with Gasteiger partial charge in [0, 0.05) is 11.6 Å². The molecule has 0 bridgehead atoms. The summed E-state index contributed by atoms with van der Waals surface area (Å²) in [6.45, 7) is 3.78. The minimum atomic E-state index is -0.330. The Labute approximate surface area is 146 Å². The molecule has 0 aliphatic carbocycles. The van der Waals surface area contributed by atoms with E-state index < -0.39 is 0 Å². The van der Waals surface area contributed by atoms with Gasteiger partial charge in [-0.3, -0.25) is 9.78 Å². The monoisotopic (exact) mass is 334 g/mol. The highest BCUT2D eigenvalue weighted by molar-refractivity contribution is 6.01. The topological polar surface area (TPSA) is 42.0 Å². The maximum atomic E-state index is 13.0. The van der Waals surface area contributed by atoms with Crippen LogP contribution < -0.4 is 5.32 Å². The van der Waals surface area contributed by atoms with E-state index in [0.717, 1.165) is 16.5 Å². The predicted octanol–water partition coefficient (Wildman–Crippen LogP) is 4.75. The number of anilines is 1. The Morgan fingerprint density at radius 1 is 1.16 bits per heavy atom. The summed E-state index contributed by atoms with van der Waals surface area (Å²) in [5.74, 6) is -0.704. The van der Waals surface area contributed by atoms with Gasteiger partial charge in [0.05, 0.1) is 17.1 Å². The van der Waals surface area contributed by atoms with E-state index in [1.807, 2.05) is 30.3 Å². The second-order valence-corrected chi connectivity index (χ2v) is 5.88. The van der Waals surface area contributed by atoms with Gasteiger partial charge in [0.2, 0.25) is 5.91 Å². The van der Waals surface area contributed by atoms with Crippen molar-refractivity contribution >= 4 is 22.5 Å². The van der Waals surface area contributed by atoms with Crippen molar-refractivity contribution in [3.8, 4) is 0 Å². The molecule has 0 fully saturated rings. The molecule has 0 aliphatic heterocycles. The number of hydrogen-bond donors (Lipinski definition) is 1. The van der Waals surface area contributed by atoms with E-state index in [0.29, 0.717) is 18.5 Å². The normalized spacial score (nSPS) is 11.9. The number of aryl methyl sites for hydroxylation is 1. The Morgan fingerprint density at radius 3 is 2.68 bits per heavy atom. The van der Waals surface area contributed by atoms with Crippen molar-refractivity contribution in [3.63, 3.8) is 0 Å². The maximum absolute atomic E-state index is 13.0. The van der Waals surface area contributed by atoms with E-state index in [4.69, 9.17) is 0 Å². The summed E-state index contributed by atoms with van der Waals surface area (Å²) < 4.78 is 13.0. The van der Waals surface area contributed by atoms with Gasteiger partial charge in [0.15, 0.2) is 0 Å². The Balaban J connectivity index is 1.69. The molecule has 1 amide bonds. The van der Waals surface area contributed by atoms with Crippen LogP contribution in [0.3, 0.4) is 0 Å². The summed E-state index contributed by atoms with van der Waals surface area (Å²) in [6.07, 6.45) is 4.65. The third-order valence-electron chi connectivity index (χ3n) is 4.17. The minimum absolute atomic E-state index is 0.115. The first-order chi connectivity index (χ1) is 12.2. The Kier molecular flexibility index (Phi) is 5.19. The van der Waals surface area contributed by atoms with Gasteiger partial charge in [0.25, 0.3) is 0 Å². The number of rotatable bonds is 6. The highest BCUT2D eigenvalue weighted by Crippen LogP contribution is 2.22. The molecule has 0 radical (unpaired) electrons. The van der Waals surface area contributed by atoms with Crippen LogP contribution in [0.15, 0.2) is 73.4 Å². The van der Waals surface area contributed by atoms with E-state index in [2.05, 4.69) is 16.9 Å². The smallest absolute Gasteiger partial charge is 0.231 e. The van der Waals surface area contributed by atoms with Crippen LogP contribution in [0.1, 0.15) is 12.0 Å². The Hall–Kier alpha value is -3.01. The number of nitrogens with one attached hydrogen (secondary N) is 1. The van der Waals surface area contributed by atoms with E-state index >= 15 is 0 Å². The zero-order valence-electron chi connectivity index (χ0n) is 13.8. The number of para-hydroxylation sites is 1. The summed E-state index contributed by atoms with van der Waals surface area (Å²) in [7, 11) is 0. The van der Waals surface area contributed by atoms with Crippen molar-refractivity contribution in [2.75, 3.05) is 5.32 Å². The van der Waals surface area contributed by atoms with Crippen LogP contribution in [0, 0.1) is 11.7 Å². The molecule has 0 saturated heterocycles. The molecule has 0 spiro atoms. The lowest BCUT2D eigenvalue weighted by atomic mass is 9.98. The summed E-state index contributed by atoms with van der Waals surface area (Å²) in [6, 6.07) is 15.8. The molecular weight excluding hydrogens is 315 g/mol. The van der Waals surface area contributed by atoms with Crippen molar-refractivity contribution in [1.82, 2.24) is 4.98 Å². The molecule has 0 saturated carbocycles. The van der Waals surface area contributed by atoms with E-state index in [1.54, 1.807) is 24.4 Å². The van der Waals surface area contributed by atoms with Gasteiger partial charge in [-0.25, -0.2) is 4.39 Å². The second-order valence-electron chi connectivity index (χ2n) is 5.88. The van der Waals surface area contributed by atoms with Crippen LogP contribution in [0.5, 0.6) is 0 Å². The number of nitrogens with zero attached hydrogens (tertiary/aromatic N) is 1. The lowest BCUT2D eigenvalue weighted by molar-refractivity contribution is -0.118. The average molecular weight is 334 g/mol. The molecule has 1 unspecified atom stereocenters. The molecular formula is C21H19FN2O. The fourth-order valence-corrected chi connectivity index (χ4v) is 2.76. The number of benzene rings is 2. The molecule has 1 atom stereocenters. The highest BCUT2D eigenvalue weighted by Gasteiger charge is 2.16. The third-order valence-corrected chi connectivity index (χ3v) is 4.17. The van der Waals surface area contributed by atoms with Crippen molar-refractivity contribution < 1.29 is 9.18 Å². The van der Waals surface area contributed by atoms with Crippen LogP contribution >= 0.6 is 0 Å². The number of pyridine rings is 1. The number of carbonyl (C=O) groups is 1. The molecule has 3 nitrogen and oxygen atoms in total. The first-order valence-corrected chi connectivity index (χ1v) is 8.19. The first kappa shape index (κ1) is 16.8. The summed E-state index contributed by atoms with van der Waals surface area (Å²) in [5, 5.41) is 3.92. The Morgan fingerprint density at radius 2 is 1.92 bits per heavy atom. The van der Waals surface area contributed by atoms with Crippen molar-refractivity contribution in [3.05, 3.63) is 84.8 Å².